The lowest BCUT2D eigenvalue weighted by molar-refractivity contribution is -0.143. The number of amides is 9. The van der Waals surface area contributed by atoms with Gasteiger partial charge in [0.1, 0.15) is 48.3 Å². The van der Waals surface area contributed by atoms with Gasteiger partial charge in [0.15, 0.2) is 0 Å². The zero-order valence-corrected chi connectivity index (χ0v) is 43.2. The average molecular weight is 1050 g/mol. The van der Waals surface area contributed by atoms with E-state index in [0.717, 1.165) is 13.8 Å². The van der Waals surface area contributed by atoms with Crippen molar-refractivity contribution in [3.05, 3.63) is 35.9 Å². The van der Waals surface area contributed by atoms with Crippen LogP contribution >= 0.6 is 0 Å². The van der Waals surface area contributed by atoms with Crippen LogP contribution in [-0.4, -0.2) is 159 Å². The average Bonchev–Trinajstić information content (AvgIpc) is 3.32. The number of unbranched alkanes of at least 4 members (excludes halogenated alkanes) is 1. The van der Waals surface area contributed by atoms with Crippen molar-refractivity contribution in [3.8, 4) is 0 Å². The van der Waals surface area contributed by atoms with Gasteiger partial charge in [-0.1, -0.05) is 64.4 Å². The first-order valence-corrected chi connectivity index (χ1v) is 24.6. The van der Waals surface area contributed by atoms with E-state index in [0.29, 0.717) is 18.4 Å². The van der Waals surface area contributed by atoms with Crippen LogP contribution in [0.4, 0.5) is 0 Å². The Morgan fingerprint density at radius 2 is 0.946 bits per heavy atom. The van der Waals surface area contributed by atoms with Gasteiger partial charge in [0.05, 0.1) is 18.2 Å². The Balaban J connectivity index is 3.44. The summed E-state index contributed by atoms with van der Waals surface area (Å²) >= 11 is 0. The third-order valence-electron chi connectivity index (χ3n) is 11.7. The van der Waals surface area contributed by atoms with E-state index >= 15 is 0 Å². The number of carboxylic acids is 2. The summed E-state index contributed by atoms with van der Waals surface area (Å²) in [6.45, 7) is 10.7. The Bertz CT molecular complexity index is 2060. The first kappa shape index (κ1) is 65.2. The highest BCUT2D eigenvalue weighted by atomic mass is 16.4. The Morgan fingerprint density at radius 1 is 0.527 bits per heavy atom. The number of aliphatic hydroxyl groups is 2. The van der Waals surface area contributed by atoms with Crippen LogP contribution in [0.1, 0.15) is 112 Å². The fourth-order valence-corrected chi connectivity index (χ4v) is 7.24. The van der Waals surface area contributed by atoms with Crippen molar-refractivity contribution in [2.45, 2.75) is 179 Å². The molecule has 26 heteroatoms. The van der Waals surface area contributed by atoms with Crippen LogP contribution in [0.15, 0.2) is 30.3 Å². The van der Waals surface area contributed by atoms with E-state index in [9.17, 15) is 73.2 Å². The maximum Gasteiger partial charge on any atom is 0.326 e. The maximum absolute atomic E-state index is 14.1. The Labute approximate surface area is 430 Å². The number of nitrogens with one attached hydrogen (secondary N) is 8. The molecule has 0 saturated carbocycles. The van der Waals surface area contributed by atoms with Gasteiger partial charge in [-0.05, 0) is 83.2 Å². The number of aliphatic carboxylic acids is 2. The summed E-state index contributed by atoms with van der Waals surface area (Å²) in [5, 5.41) is 59.9. The number of aliphatic hydroxyl groups excluding tert-OH is 2. The molecule has 416 valence electrons. The number of benzene rings is 1. The first-order chi connectivity index (χ1) is 34.6. The summed E-state index contributed by atoms with van der Waals surface area (Å²) in [6.07, 6.45) is -4.20. The van der Waals surface area contributed by atoms with Crippen molar-refractivity contribution < 1.29 is 73.2 Å². The SMILES string of the molecule is CC[C@H](C)[C@H](NC(=O)[C@H](CC(C)C)NC(=O)[C@H](CCCCN)NC(=O)[C@H](CCC(=O)O)NC(=O)[C@H](C)N)C(=O)N[C@H](C(=O)N[C@@H](CCC(N)=O)C(=O)N[C@H](C(=O)N[C@@H](Cc1ccccc1)C(=O)O)[C@@H](C)O)[C@@H](C)O. The van der Waals surface area contributed by atoms with Gasteiger partial charge >= 0.3 is 11.9 Å². The van der Waals surface area contributed by atoms with Gasteiger partial charge in [0, 0.05) is 19.3 Å². The molecule has 0 aliphatic rings. The molecular weight excluding hydrogens is 971 g/mol. The van der Waals surface area contributed by atoms with Crippen LogP contribution in [0.3, 0.4) is 0 Å². The monoisotopic (exact) mass is 1050 g/mol. The molecule has 18 N–H and O–H groups in total. The van der Waals surface area contributed by atoms with Gasteiger partial charge in [0.25, 0.3) is 0 Å². The number of primary amides is 1. The summed E-state index contributed by atoms with van der Waals surface area (Å²) in [7, 11) is 0. The highest BCUT2D eigenvalue weighted by Gasteiger charge is 2.38. The largest absolute Gasteiger partial charge is 0.481 e. The number of hydrogen-bond acceptors (Lipinski definition) is 15. The van der Waals surface area contributed by atoms with Gasteiger partial charge in [-0.25, -0.2) is 4.79 Å². The normalized spacial score (nSPS) is 16.1. The lowest BCUT2D eigenvalue weighted by Crippen LogP contribution is -2.63. The molecule has 0 bridgehead atoms. The van der Waals surface area contributed by atoms with Crippen molar-refractivity contribution in [1.29, 1.82) is 0 Å². The first-order valence-electron chi connectivity index (χ1n) is 24.6. The second kappa shape index (κ2) is 33.1. The molecule has 1 aromatic rings. The molecule has 1 rings (SSSR count). The number of nitrogens with two attached hydrogens (primary N) is 3. The predicted molar refractivity (Wildman–Crippen MR) is 267 cm³/mol. The van der Waals surface area contributed by atoms with E-state index in [1.54, 1.807) is 58.0 Å². The molecule has 26 nitrogen and oxygen atoms in total. The van der Waals surface area contributed by atoms with Crippen LogP contribution < -0.4 is 59.7 Å². The van der Waals surface area contributed by atoms with Crippen LogP contribution in [0.25, 0.3) is 0 Å². The van der Waals surface area contributed by atoms with Gasteiger partial charge in [-0.15, -0.1) is 0 Å². The molecular formula is C48H79N11O15. The van der Waals surface area contributed by atoms with Crippen molar-refractivity contribution in [1.82, 2.24) is 42.5 Å². The Hall–Kier alpha value is -6.77. The van der Waals surface area contributed by atoms with Crippen LogP contribution in [0.2, 0.25) is 0 Å². The fourth-order valence-electron chi connectivity index (χ4n) is 7.24. The number of carbonyl (C=O) groups excluding carboxylic acids is 9. The quantitative estimate of drug-likeness (QED) is 0.0295. The van der Waals surface area contributed by atoms with E-state index in [2.05, 4.69) is 42.5 Å². The number of carbonyl (C=O) groups is 11. The molecule has 0 aliphatic carbocycles. The molecule has 0 saturated heterocycles. The summed E-state index contributed by atoms with van der Waals surface area (Å²) in [6, 6.07) is -5.01. The molecule has 0 aliphatic heterocycles. The minimum Gasteiger partial charge on any atom is -0.481 e. The molecule has 0 heterocycles. The standard InChI is InChI=1S/C48H79N11O15/c1-8-25(4)37(57-44(69)33(22-24(2)3)55-41(66)30(16-12-13-21-49)53-42(67)32(18-20-36(63)64)52-40(65)26(5)50)45(70)59-39(28(7)61)46(71)54-31(17-19-35(51)62)43(68)58-38(27(6)60)47(72)56-34(48(73)74)23-29-14-10-9-11-15-29/h9-11,14-15,24-28,30-34,37-39,60-61H,8,12-13,16-23,49-50H2,1-7H3,(H2,51,62)(H,52,65)(H,53,67)(H,54,71)(H,55,66)(H,56,72)(H,57,69)(H,58,68)(H,59,70)(H,63,64)(H,73,74)/t25-,26-,27+,28+,30-,31-,32-,33-,34-,37-,38-,39-/m0/s1. The smallest absolute Gasteiger partial charge is 0.326 e. The predicted octanol–water partition coefficient (Wildman–Crippen LogP) is -3.35. The van der Waals surface area contributed by atoms with E-state index in [-0.39, 0.29) is 44.6 Å². The third kappa shape index (κ3) is 23.8. The van der Waals surface area contributed by atoms with Crippen LogP contribution in [-0.2, 0) is 59.2 Å². The van der Waals surface area contributed by atoms with E-state index in [4.69, 9.17) is 17.2 Å². The highest BCUT2D eigenvalue weighted by Crippen LogP contribution is 2.14. The number of rotatable bonds is 35. The molecule has 0 unspecified atom stereocenters. The topological polar surface area (TPSA) is 443 Å². The Morgan fingerprint density at radius 3 is 1.41 bits per heavy atom. The maximum atomic E-state index is 14.1. The zero-order valence-electron chi connectivity index (χ0n) is 43.2. The van der Waals surface area contributed by atoms with Gasteiger partial charge in [-0.2, -0.15) is 0 Å². The second-order valence-corrected chi connectivity index (χ2v) is 18.8. The van der Waals surface area contributed by atoms with Gasteiger partial charge < -0.3 is 80.2 Å². The molecule has 0 fully saturated rings. The fraction of sp³-hybridized carbons (Fsp3) is 0.646. The van der Waals surface area contributed by atoms with Crippen molar-refractivity contribution in [2.24, 2.45) is 29.0 Å². The Kier molecular flexibility index (Phi) is 29.2. The lowest BCUT2D eigenvalue weighted by atomic mass is 9.96. The van der Waals surface area contributed by atoms with E-state index in [1.165, 1.54) is 6.92 Å². The molecule has 1 aromatic carbocycles. The van der Waals surface area contributed by atoms with Crippen LogP contribution in [0, 0.1) is 11.8 Å². The molecule has 9 amide bonds. The summed E-state index contributed by atoms with van der Waals surface area (Å²) in [5.74, 6) is -12.2. The summed E-state index contributed by atoms with van der Waals surface area (Å²) in [5.41, 5.74) is 17.2. The van der Waals surface area contributed by atoms with Crippen molar-refractivity contribution >= 4 is 65.1 Å². The molecule has 0 spiro atoms. The summed E-state index contributed by atoms with van der Waals surface area (Å²) in [4.78, 5) is 144. The minimum absolute atomic E-state index is 0.0143. The van der Waals surface area contributed by atoms with Crippen LogP contribution in [0.5, 0.6) is 0 Å². The zero-order chi connectivity index (χ0) is 56.4. The van der Waals surface area contributed by atoms with Crippen molar-refractivity contribution in [3.63, 3.8) is 0 Å². The van der Waals surface area contributed by atoms with Gasteiger partial charge in [0.2, 0.25) is 53.2 Å². The third-order valence-corrected chi connectivity index (χ3v) is 11.7. The van der Waals surface area contributed by atoms with Crippen molar-refractivity contribution in [2.75, 3.05) is 6.54 Å². The van der Waals surface area contributed by atoms with Gasteiger partial charge in [-0.3, -0.25) is 47.9 Å². The second-order valence-electron chi connectivity index (χ2n) is 18.8. The van der Waals surface area contributed by atoms with E-state index in [1.807, 2.05) is 0 Å². The summed E-state index contributed by atoms with van der Waals surface area (Å²) < 4.78 is 0. The molecule has 0 radical (unpaired) electrons. The van der Waals surface area contributed by atoms with E-state index < -0.39 is 157 Å². The molecule has 74 heavy (non-hydrogen) atoms. The molecule has 12 atom stereocenters. The minimum atomic E-state index is -1.83. The molecule has 0 aromatic heterocycles. The number of carboxylic acid groups (broad SMARTS) is 2. The highest BCUT2D eigenvalue weighted by molar-refractivity contribution is 5.98. The lowest BCUT2D eigenvalue weighted by Gasteiger charge is -2.31. The number of hydrogen-bond donors (Lipinski definition) is 15.